The zero-order valence-corrected chi connectivity index (χ0v) is 15.7. The van der Waals surface area contributed by atoms with Crippen LogP contribution in [0.2, 0.25) is 5.02 Å². The van der Waals surface area contributed by atoms with Gasteiger partial charge in [-0.25, -0.2) is 0 Å². The van der Waals surface area contributed by atoms with Gasteiger partial charge >= 0.3 is 0 Å². The number of halogens is 1. The lowest BCUT2D eigenvalue weighted by atomic mass is 10.2. The first-order valence-corrected chi connectivity index (χ1v) is 9.14. The lowest BCUT2D eigenvalue weighted by molar-refractivity contribution is -0.133. The van der Waals surface area contributed by atoms with Crippen molar-refractivity contribution in [2.45, 2.75) is 13.8 Å². The predicted octanol–water partition coefficient (Wildman–Crippen LogP) is 2.37. The van der Waals surface area contributed by atoms with E-state index in [1.54, 1.807) is 18.2 Å². The van der Waals surface area contributed by atoms with E-state index in [0.29, 0.717) is 24.7 Å². The molecule has 5 nitrogen and oxygen atoms in total. The molecule has 1 saturated heterocycles. The molecule has 1 aliphatic heterocycles. The molecule has 0 unspecified atom stereocenters. The molecule has 1 aliphatic rings. The summed E-state index contributed by atoms with van der Waals surface area (Å²) in [6.07, 6.45) is 3.37. The topological polar surface area (TPSA) is 43.9 Å². The molecule has 2 amide bonds. The molecule has 1 aromatic rings. The van der Waals surface area contributed by atoms with Crippen LogP contribution in [0.25, 0.3) is 6.08 Å². The van der Waals surface area contributed by atoms with Crippen molar-refractivity contribution in [2.24, 2.45) is 0 Å². The van der Waals surface area contributed by atoms with E-state index in [9.17, 15) is 9.59 Å². The maximum absolute atomic E-state index is 12.3. The van der Waals surface area contributed by atoms with Crippen LogP contribution in [0.4, 0.5) is 0 Å². The molecule has 0 bridgehead atoms. The quantitative estimate of drug-likeness (QED) is 0.729. The second kappa shape index (κ2) is 9.59. The van der Waals surface area contributed by atoms with Crippen molar-refractivity contribution in [1.29, 1.82) is 0 Å². The molecular weight excluding hydrogens is 338 g/mol. The Kier molecular flexibility index (Phi) is 7.47. The van der Waals surface area contributed by atoms with Crippen molar-refractivity contribution in [3.8, 4) is 0 Å². The Morgan fingerprint density at radius 3 is 2.44 bits per heavy atom. The fourth-order valence-electron chi connectivity index (χ4n) is 2.88. The number of piperazine rings is 1. The fourth-order valence-corrected chi connectivity index (χ4v) is 3.08. The minimum atomic E-state index is -0.00491. The lowest BCUT2D eigenvalue weighted by Gasteiger charge is -2.34. The van der Waals surface area contributed by atoms with Crippen LogP contribution in [-0.2, 0) is 9.59 Å². The minimum absolute atomic E-state index is 0.00491. The Morgan fingerprint density at radius 2 is 1.84 bits per heavy atom. The van der Waals surface area contributed by atoms with E-state index in [0.717, 1.165) is 31.7 Å². The Hall–Kier alpha value is -1.85. The number of nitrogens with zero attached hydrogens (tertiary/aromatic N) is 3. The summed E-state index contributed by atoms with van der Waals surface area (Å²) in [7, 11) is 0. The smallest absolute Gasteiger partial charge is 0.246 e. The van der Waals surface area contributed by atoms with Crippen molar-refractivity contribution in [2.75, 3.05) is 45.8 Å². The molecule has 25 heavy (non-hydrogen) atoms. The Bertz CT molecular complexity index is 621. The number of amides is 2. The SMILES string of the molecule is CCN(CC)C(=O)CN1CCN(C(=O)/C=C/c2cccc(Cl)c2)CC1. The molecule has 0 spiro atoms. The van der Waals surface area contributed by atoms with Crippen molar-refractivity contribution in [1.82, 2.24) is 14.7 Å². The van der Waals surface area contributed by atoms with Gasteiger partial charge in [0, 0.05) is 50.4 Å². The normalized spacial score (nSPS) is 15.6. The van der Waals surface area contributed by atoms with Crippen LogP contribution in [0.5, 0.6) is 0 Å². The number of rotatable bonds is 6. The summed E-state index contributed by atoms with van der Waals surface area (Å²) in [5.74, 6) is 0.153. The van der Waals surface area contributed by atoms with Crippen LogP contribution < -0.4 is 0 Å². The highest BCUT2D eigenvalue weighted by molar-refractivity contribution is 6.30. The van der Waals surface area contributed by atoms with Gasteiger partial charge < -0.3 is 9.80 Å². The summed E-state index contributed by atoms with van der Waals surface area (Å²) in [5.41, 5.74) is 0.907. The number of likely N-dealkylation sites (N-methyl/N-ethyl adjacent to an activating group) is 1. The van der Waals surface area contributed by atoms with Gasteiger partial charge in [-0.3, -0.25) is 14.5 Å². The third kappa shape index (κ3) is 5.87. The Labute approximate surface area is 154 Å². The van der Waals surface area contributed by atoms with Gasteiger partial charge in [-0.1, -0.05) is 23.7 Å². The van der Waals surface area contributed by atoms with Gasteiger partial charge in [0.05, 0.1) is 6.54 Å². The van der Waals surface area contributed by atoms with Crippen LogP contribution >= 0.6 is 11.6 Å². The minimum Gasteiger partial charge on any atom is -0.342 e. The highest BCUT2D eigenvalue weighted by Crippen LogP contribution is 2.12. The van der Waals surface area contributed by atoms with Crippen LogP contribution in [0.3, 0.4) is 0 Å². The summed E-state index contributed by atoms with van der Waals surface area (Å²) in [5, 5.41) is 0.654. The zero-order chi connectivity index (χ0) is 18.2. The molecule has 2 rings (SSSR count). The van der Waals surface area contributed by atoms with E-state index in [4.69, 9.17) is 11.6 Å². The van der Waals surface area contributed by atoms with Gasteiger partial charge in [0.15, 0.2) is 0 Å². The lowest BCUT2D eigenvalue weighted by Crippen LogP contribution is -2.51. The summed E-state index contributed by atoms with van der Waals surface area (Å²) >= 11 is 5.94. The van der Waals surface area contributed by atoms with E-state index in [2.05, 4.69) is 4.90 Å². The van der Waals surface area contributed by atoms with Gasteiger partial charge in [0.25, 0.3) is 0 Å². The van der Waals surface area contributed by atoms with Gasteiger partial charge in [-0.15, -0.1) is 0 Å². The first kappa shape index (κ1) is 19.5. The highest BCUT2D eigenvalue weighted by atomic mass is 35.5. The average molecular weight is 364 g/mol. The molecular formula is C19H26ClN3O2. The van der Waals surface area contributed by atoms with Crippen molar-refractivity contribution >= 4 is 29.5 Å². The first-order chi connectivity index (χ1) is 12.0. The highest BCUT2D eigenvalue weighted by Gasteiger charge is 2.22. The average Bonchev–Trinajstić information content (AvgIpc) is 2.61. The molecule has 0 radical (unpaired) electrons. The summed E-state index contributed by atoms with van der Waals surface area (Å²) in [6, 6.07) is 7.39. The molecule has 0 N–H and O–H groups in total. The van der Waals surface area contributed by atoms with Crippen LogP contribution in [0.1, 0.15) is 19.4 Å². The third-order valence-corrected chi connectivity index (χ3v) is 4.66. The standard InChI is InChI=1S/C19H26ClN3O2/c1-3-22(4-2)19(25)15-21-10-12-23(13-11-21)18(24)9-8-16-6-5-7-17(20)14-16/h5-9,14H,3-4,10-13,15H2,1-2H3/b9-8+. The van der Waals surface area contributed by atoms with Crippen molar-refractivity contribution < 1.29 is 9.59 Å². The maximum Gasteiger partial charge on any atom is 0.246 e. The van der Waals surface area contributed by atoms with Gasteiger partial charge in [0.1, 0.15) is 0 Å². The number of carbonyl (C=O) groups is 2. The van der Waals surface area contributed by atoms with E-state index in [1.165, 1.54) is 0 Å². The van der Waals surface area contributed by atoms with Crippen LogP contribution in [0, 0.1) is 0 Å². The number of carbonyl (C=O) groups excluding carboxylic acids is 2. The first-order valence-electron chi connectivity index (χ1n) is 8.76. The van der Waals surface area contributed by atoms with Gasteiger partial charge in [-0.2, -0.15) is 0 Å². The molecule has 0 aromatic heterocycles. The molecule has 0 saturated carbocycles. The Balaban J connectivity index is 1.81. The van der Waals surface area contributed by atoms with Gasteiger partial charge in [0.2, 0.25) is 11.8 Å². The van der Waals surface area contributed by atoms with Crippen molar-refractivity contribution in [3.05, 3.63) is 40.9 Å². The summed E-state index contributed by atoms with van der Waals surface area (Å²) in [6.45, 7) is 8.63. The Morgan fingerprint density at radius 1 is 1.16 bits per heavy atom. The second-order valence-corrected chi connectivity index (χ2v) is 6.49. The molecule has 136 valence electrons. The van der Waals surface area contributed by atoms with Crippen molar-refractivity contribution in [3.63, 3.8) is 0 Å². The second-order valence-electron chi connectivity index (χ2n) is 6.06. The molecule has 1 aromatic carbocycles. The summed E-state index contributed by atoms with van der Waals surface area (Å²) in [4.78, 5) is 30.2. The number of hydrogen-bond acceptors (Lipinski definition) is 3. The molecule has 1 fully saturated rings. The van der Waals surface area contributed by atoms with E-state index >= 15 is 0 Å². The number of benzene rings is 1. The van der Waals surface area contributed by atoms with E-state index in [-0.39, 0.29) is 11.8 Å². The monoisotopic (exact) mass is 363 g/mol. The third-order valence-electron chi connectivity index (χ3n) is 4.43. The largest absolute Gasteiger partial charge is 0.342 e. The van der Waals surface area contributed by atoms with Crippen LogP contribution in [0.15, 0.2) is 30.3 Å². The van der Waals surface area contributed by atoms with Crippen LogP contribution in [-0.4, -0.2) is 72.3 Å². The summed E-state index contributed by atoms with van der Waals surface area (Å²) < 4.78 is 0. The predicted molar refractivity (Wildman–Crippen MR) is 101 cm³/mol. The molecule has 0 atom stereocenters. The van der Waals surface area contributed by atoms with Gasteiger partial charge in [-0.05, 0) is 37.6 Å². The van der Waals surface area contributed by atoms with E-state index in [1.807, 2.05) is 41.8 Å². The maximum atomic E-state index is 12.3. The fraction of sp³-hybridized carbons (Fsp3) is 0.474. The molecule has 6 heteroatoms. The molecule has 0 aliphatic carbocycles. The van der Waals surface area contributed by atoms with E-state index < -0.39 is 0 Å². The zero-order valence-electron chi connectivity index (χ0n) is 14.9. The number of hydrogen-bond donors (Lipinski definition) is 0. The molecule has 1 heterocycles.